The molecule has 0 unspecified atom stereocenters. The molecule has 4 N–H and O–H groups in total. The van der Waals surface area contributed by atoms with Gasteiger partial charge in [0.05, 0.1) is 12.8 Å². The van der Waals surface area contributed by atoms with Crippen LogP contribution in [0, 0.1) is 0 Å². The van der Waals surface area contributed by atoms with Crippen LogP contribution in [-0.4, -0.2) is 24.2 Å². The minimum absolute atomic E-state index is 0.199. The quantitative estimate of drug-likeness (QED) is 0.562. The van der Waals surface area contributed by atoms with Gasteiger partial charge in [-0.1, -0.05) is 0 Å². The maximum atomic E-state index is 10.6. The molecule has 1 rings (SSSR count). The summed E-state index contributed by atoms with van der Waals surface area (Å²) in [4.78, 5) is 10.6. The number of carbonyl (C=O) groups is 1. The van der Waals surface area contributed by atoms with Crippen molar-refractivity contribution >= 4 is 5.97 Å². The Labute approximate surface area is 75.5 Å². The third-order valence-electron chi connectivity index (χ3n) is 1.58. The summed E-state index contributed by atoms with van der Waals surface area (Å²) in [5.74, 6) is -0.542. The van der Waals surface area contributed by atoms with Gasteiger partial charge in [0.15, 0.2) is 0 Å². The second kappa shape index (κ2) is 4.64. The summed E-state index contributed by atoms with van der Waals surface area (Å²) in [7, 11) is 0. The number of carboxylic acid groups (broad SMARTS) is 1. The first kappa shape index (κ1) is 9.76. The number of hydrogen-bond acceptors (Lipinski definition) is 4. The van der Waals surface area contributed by atoms with Crippen molar-refractivity contribution in [3.63, 3.8) is 0 Å². The Bertz CT molecular complexity index is 283. The molecule has 0 spiro atoms. The maximum absolute atomic E-state index is 10.6. The van der Waals surface area contributed by atoms with Crippen LogP contribution in [0.25, 0.3) is 0 Å². The van der Waals surface area contributed by atoms with Crippen molar-refractivity contribution in [3.05, 3.63) is 23.7 Å². The molecule has 0 fully saturated rings. The van der Waals surface area contributed by atoms with Gasteiger partial charge in [0.25, 0.3) is 0 Å². The molecule has 0 atom stereocenters. The van der Waals surface area contributed by atoms with Crippen LogP contribution < -0.4 is 11.1 Å². The van der Waals surface area contributed by atoms with Crippen LogP contribution in [0.1, 0.15) is 16.1 Å². The summed E-state index contributed by atoms with van der Waals surface area (Å²) in [6.45, 7) is 1.55. The molecule has 72 valence electrons. The van der Waals surface area contributed by atoms with Crippen LogP contribution in [0.5, 0.6) is 0 Å². The van der Waals surface area contributed by atoms with Gasteiger partial charge in [-0.25, -0.2) is 4.79 Å². The number of aromatic carboxylic acids is 1. The predicted octanol–water partition coefficient (Wildman–Crippen LogP) is 0.0261. The van der Waals surface area contributed by atoms with Gasteiger partial charge in [0, 0.05) is 13.1 Å². The first-order valence-corrected chi connectivity index (χ1v) is 3.96. The number of furan rings is 1. The lowest BCUT2D eigenvalue weighted by Gasteiger charge is -2.00. The molecule has 0 aliphatic rings. The van der Waals surface area contributed by atoms with Gasteiger partial charge in [-0.2, -0.15) is 0 Å². The third-order valence-corrected chi connectivity index (χ3v) is 1.58. The molecule has 0 saturated carbocycles. The highest BCUT2D eigenvalue weighted by molar-refractivity contribution is 5.88. The lowest BCUT2D eigenvalue weighted by molar-refractivity contribution is 0.0694. The number of nitrogens with one attached hydrogen (secondary N) is 1. The molecule has 1 aromatic rings. The highest BCUT2D eigenvalue weighted by Crippen LogP contribution is 2.09. The van der Waals surface area contributed by atoms with E-state index in [9.17, 15) is 4.79 Å². The lowest BCUT2D eigenvalue weighted by Crippen LogP contribution is -2.22. The Morgan fingerprint density at radius 1 is 1.69 bits per heavy atom. The van der Waals surface area contributed by atoms with Gasteiger partial charge in [-0.15, -0.1) is 0 Å². The van der Waals surface area contributed by atoms with Crippen LogP contribution in [0.2, 0.25) is 0 Å². The summed E-state index contributed by atoms with van der Waals surface area (Å²) < 4.78 is 4.99. The minimum atomic E-state index is -0.974. The van der Waals surface area contributed by atoms with Crippen molar-refractivity contribution in [2.75, 3.05) is 13.1 Å². The second-order valence-corrected chi connectivity index (χ2v) is 2.53. The van der Waals surface area contributed by atoms with E-state index in [1.54, 1.807) is 0 Å². The molecule has 0 aromatic carbocycles. The van der Waals surface area contributed by atoms with Crippen molar-refractivity contribution in [2.24, 2.45) is 5.73 Å². The summed E-state index contributed by atoms with van der Waals surface area (Å²) in [6.07, 6.45) is 1.36. The second-order valence-electron chi connectivity index (χ2n) is 2.53. The van der Waals surface area contributed by atoms with E-state index in [0.717, 1.165) is 0 Å². The first-order chi connectivity index (χ1) is 6.25. The molecule has 0 saturated heterocycles. The van der Waals surface area contributed by atoms with Crippen LogP contribution in [0.15, 0.2) is 16.7 Å². The summed E-state index contributed by atoms with van der Waals surface area (Å²) in [5.41, 5.74) is 5.46. The van der Waals surface area contributed by atoms with Crippen LogP contribution in [0.3, 0.4) is 0 Å². The van der Waals surface area contributed by atoms with Gasteiger partial charge in [0.1, 0.15) is 11.3 Å². The number of nitrogens with two attached hydrogens (primary N) is 1. The number of carboxylic acids is 1. The average molecular weight is 184 g/mol. The standard InChI is InChI=1S/C8H12N2O3/c9-2-3-10-5-7-6(8(11)12)1-4-13-7/h1,4,10H,2-3,5,9H2,(H,11,12). The molecular formula is C8H12N2O3. The molecule has 13 heavy (non-hydrogen) atoms. The van der Waals surface area contributed by atoms with Crippen molar-refractivity contribution in [1.82, 2.24) is 5.32 Å². The van der Waals surface area contributed by atoms with E-state index in [4.69, 9.17) is 15.3 Å². The van der Waals surface area contributed by atoms with E-state index >= 15 is 0 Å². The number of hydrogen-bond donors (Lipinski definition) is 3. The largest absolute Gasteiger partial charge is 0.478 e. The highest BCUT2D eigenvalue weighted by atomic mass is 16.4. The Balaban J connectivity index is 2.55. The zero-order chi connectivity index (χ0) is 9.68. The average Bonchev–Trinajstić information content (AvgIpc) is 2.53. The van der Waals surface area contributed by atoms with Gasteiger partial charge in [-0.05, 0) is 6.07 Å². The fraction of sp³-hybridized carbons (Fsp3) is 0.375. The fourth-order valence-electron chi connectivity index (χ4n) is 0.972. The molecule has 0 aliphatic heterocycles. The molecule has 5 nitrogen and oxygen atoms in total. The fourth-order valence-corrected chi connectivity index (χ4v) is 0.972. The van der Waals surface area contributed by atoms with Gasteiger partial charge in [-0.3, -0.25) is 0 Å². The van der Waals surface area contributed by atoms with Gasteiger partial charge >= 0.3 is 5.97 Å². The zero-order valence-electron chi connectivity index (χ0n) is 7.12. The molecular weight excluding hydrogens is 172 g/mol. The molecule has 1 heterocycles. The summed E-state index contributed by atoms with van der Waals surface area (Å²) >= 11 is 0. The molecule has 0 bridgehead atoms. The topological polar surface area (TPSA) is 88.5 Å². The molecule has 0 amide bonds. The van der Waals surface area contributed by atoms with Gasteiger partial charge in [0.2, 0.25) is 0 Å². The van der Waals surface area contributed by atoms with E-state index < -0.39 is 5.97 Å². The smallest absolute Gasteiger partial charge is 0.339 e. The molecule has 1 aromatic heterocycles. The summed E-state index contributed by atoms with van der Waals surface area (Å²) in [5, 5.41) is 11.6. The van der Waals surface area contributed by atoms with E-state index in [0.29, 0.717) is 25.4 Å². The van der Waals surface area contributed by atoms with Crippen molar-refractivity contribution in [1.29, 1.82) is 0 Å². The Hall–Kier alpha value is -1.33. The lowest BCUT2D eigenvalue weighted by atomic mass is 10.2. The van der Waals surface area contributed by atoms with E-state index in [1.807, 2.05) is 0 Å². The molecule has 5 heteroatoms. The Kier molecular flexibility index (Phi) is 3.48. The summed E-state index contributed by atoms with van der Waals surface area (Å²) in [6, 6.07) is 1.43. The highest BCUT2D eigenvalue weighted by Gasteiger charge is 2.11. The number of rotatable bonds is 5. The van der Waals surface area contributed by atoms with E-state index in [1.165, 1.54) is 12.3 Å². The van der Waals surface area contributed by atoms with Gasteiger partial charge < -0.3 is 20.6 Å². The zero-order valence-corrected chi connectivity index (χ0v) is 7.12. The van der Waals surface area contributed by atoms with Crippen LogP contribution >= 0.6 is 0 Å². The van der Waals surface area contributed by atoms with Crippen molar-refractivity contribution in [2.45, 2.75) is 6.54 Å². The minimum Gasteiger partial charge on any atom is -0.478 e. The normalized spacial score (nSPS) is 10.2. The monoisotopic (exact) mass is 184 g/mol. The van der Waals surface area contributed by atoms with E-state index in [2.05, 4.69) is 5.32 Å². The van der Waals surface area contributed by atoms with Crippen LogP contribution in [0.4, 0.5) is 0 Å². The predicted molar refractivity (Wildman–Crippen MR) is 46.4 cm³/mol. The third kappa shape index (κ3) is 2.57. The first-order valence-electron chi connectivity index (χ1n) is 3.96. The van der Waals surface area contributed by atoms with E-state index in [-0.39, 0.29) is 5.56 Å². The molecule has 0 radical (unpaired) electrons. The van der Waals surface area contributed by atoms with Crippen molar-refractivity contribution in [3.8, 4) is 0 Å². The Morgan fingerprint density at radius 2 is 2.46 bits per heavy atom. The van der Waals surface area contributed by atoms with Crippen LogP contribution in [-0.2, 0) is 6.54 Å². The maximum Gasteiger partial charge on any atom is 0.339 e. The Morgan fingerprint density at radius 3 is 3.08 bits per heavy atom. The SMILES string of the molecule is NCCNCc1occc1C(=O)O. The van der Waals surface area contributed by atoms with Crippen molar-refractivity contribution < 1.29 is 14.3 Å². The molecule has 0 aliphatic carbocycles.